The molecule has 1 saturated carbocycles. The van der Waals surface area contributed by atoms with Crippen LogP contribution in [0.2, 0.25) is 0 Å². The zero-order chi connectivity index (χ0) is 13.2. The number of rotatable bonds is 4. The lowest BCUT2D eigenvalue weighted by atomic mass is 10.1. The number of sulfone groups is 1. The number of carbonyl (C=O) groups excluding carboxylic acids is 1. The molecular formula is C13H16O4S. The van der Waals surface area contributed by atoms with Crippen LogP contribution in [0.5, 0.6) is 5.75 Å². The summed E-state index contributed by atoms with van der Waals surface area (Å²) in [6.07, 6.45) is 2.99. The topological polar surface area (TPSA) is 60.4 Å². The SMILES string of the molecule is COc1cccc(S(=O)(=O)C2(C=O)CCCC2)c1. The Bertz CT molecular complexity index is 542. The van der Waals surface area contributed by atoms with E-state index in [0.29, 0.717) is 24.9 Å². The molecule has 0 amide bonds. The Hall–Kier alpha value is -1.36. The number of ether oxygens (including phenoxy) is 1. The van der Waals surface area contributed by atoms with Crippen LogP contribution in [0.4, 0.5) is 0 Å². The maximum atomic E-state index is 12.6. The molecule has 2 rings (SSSR count). The molecule has 0 saturated heterocycles. The average Bonchev–Trinajstić information content (AvgIpc) is 2.89. The van der Waals surface area contributed by atoms with Crippen molar-refractivity contribution in [3.05, 3.63) is 24.3 Å². The molecule has 0 aliphatic heterocycles. The van der Waals surface area contributed by atoms with E-state index in [-0.39, 0.29) is 4.90 Å². The molecule has 0 aromatic heterocycles. The molecule has 1 aliphatic rings. The molecule has 4 nitrogen and oxygen atoms in total. The highest BCUT2D eigenvalue weighted by Gasteiger charge is 2.46. The largest absolute Gasteiger partial charge is 0.497 e. The summed E-state index contributed by atoms with van der Waals surface area (Å²) in [5.74, 6) is 0.482. The molecular weight excluding hydrogens is 252 g/mol. The van der Waals surface area contributed by atoms with Gasteiger partial charge in [-0.15, -0.1) is 0 Å². The Morgan fingerprint density at radius 2 is 1.94 bits per heavy atom. The van der Waals surface area contributed by atoms with Gasteiger partial charge in [0.05, 0.1) is 12.0 Å². The number of aldehydes is 1. The number of methoxy groups -OCH3 is 1. The van der Waals surface area contributed by atoms with Gasteiger partial charge < -0.3 is 9.53 Å². The number of hydrogen-bond acceptors (Lipinski definition) is 4. The summed E-state index contributed by atoms with van der Waals surface area (Å²) in [5.41, 5.74) is 0. The smallest absolute Gasteiger partial charge is 0.191 e. The first-order valence-electron chi connectivity index (χ1n) is 5.91. The highest BCUT2D eigenvalue weighted by molar-refractivity contribution is 7.93. The third kappa shape index (κ3) is 1.92. The number of hydrogen-bond donors (Lipinski definition) is 0. The second-order valence-corrected chi connectivity index (χ2v) is 6.86. The third-order valence-corrected chi connectivity index (χ3v) is 6.00. The summed E-state index contributed by atoms with van der Waals surface area (Å²) in [6.45, 7) is 0. The van der Waals surface area contributed by atoms with Gasteiger partial charge >= 0.3 is 0 Å². The van der Waals surface area contributed by atoms with E-state index < -0.39 is 14.6 Å². The van der Waals surface area contributed by atoms with Crippen molar-refractivity contribution < 1.29 is 17.9 Å². The van der Waals surface area contributed by atoms with Crippen molar-refractivity contribution in [2.24, 2.45) is 0 Å². The van der Waals surface area contributed by atoms with Crippen molar-refractivity contribution in [1.82, 2.24) is 0 Å². The molecule has 98 valence electrons. The molecule has 18 heavy (non-hydrogen) atoms. The molecule has 0 unspecified atom stereocenters. The fraction of sp³-hybridized carbons (Fsp3) is 0.462. The van der Waals surface area contributed by atoms with E-state index in [0.717, 1.165) is 12.8 Å². The van der Waals surface area contributed by atoms with Crippen LogP contribution in [0.25, 0.3) is 0 Å². The molecule has 1 aromatic carbocycles. The Morgan fingerprint density at radius 1 is 1.28 bits per heavy atom. The van der Waals surface area contributed by atoms with Crippen LogP contribution in [0, 0.1) is 0 Å². The molecule has 0 radical (unpaired) electrons. The predicted octanol–water partition coefficient (Wildman–Crippen LogP) is 1.98. The van der Waals surface area contributed by atoms with Gasteiger partial charge in [-0.05, 0) is 31.0 Å². The summed E-state index contributed by atoms with van der Waals surface area (Å²) >= 11 is 0. The quantitative estimate of drug-likeness (QED) is 0.783. The van der Waals surface area contributed by atoms with Crippen LogP contribution < -0.4 is 4.74 Å². The zero-order valence-electron chi connectivity index (χ0n) is 10.3. The first-order chi connectivity index (χ1) is 8.55. The first-order valence-corrected chi connectivity index (χ1v) is 7.39. The Kier molecular flexibility index (Phi) is 3.43. The summed E-state index contributed by atoms with van der Waals surface area (Å²) in [5, 5.41) is 0. The van der Waals surface area contributed by atoms with Gasteiger partial charge in [0, 0.05) is 0 Å². The van der Waals surface area contributed by atoms with Crippen molar-refractivity contribution in [3.8, 4) is 5.75 Å². The van der Waals surface area contributed by atoms with Gasteiger partial charge in [0.2, 0.25) is 0 Å². The van der Waals surface area contributed by atoms with E-state index in [1.54, 1.807) is 12.1 Å². The normalized spacial score (nSPS) is 18.5. The first kappa shape index (κ1) is 13.1. The second-order valence-electron chi connectivity index (χ2n) is 4.57. The fourth-order valence-electron chi connectivity index (χ4n) is 2.43. The van der Waals surface area contributed by atoms with Crippen LogP contribution in [0.3, 0.4) is 0 Å². The van der Waals surface area contributed by atoms with Crippen molar-refractivity contribution >= 4 is 16.1 Å². The minimum absolute atomic E-state index is 0.163. The minimum atomic E-state index is -3.63. The lowest BCUT2D eigenvalue weighted by molar-refractivity contribution is -0.109. The molecule has 1 aromatic rings. The third-order valence-electron chi connectivity index (χ3n) is 3.55. The highest BCUT2D eigenvalue weighted by Crippen LogP contribution is 2.39. The van der Waals surface area contributed by atoms with Gasteiger partial charge in [0.15, 0.2) is 9.84 Å². The van der Waals surface area contributed by atoms with Gasteiger partial charge in [-0.3, -0.25) is 0 Å². The van der Waals surface area contributed by atoms with E-state index in [2.05, 4.69) is 0 Å². The summed E-state index contributed by atoms with van der Waals surface area (Å²) in [4.78, 5) is 11.5. The van der Waals surface area contributed by atoms with Gasteiger partial charge in [-0.1, -0.05) is 18.9 Å². The van der Waals surface area contributed by atoms with Gasteiger partial charge in [-0.2, -0.15) is 0 Å². The Morgan fingerprint density at radius 3 is 2.50 bits per heavy atom. The van der Waals surface area contributed by atoms with Gasteiger partial charge in [-0.25, -0.2) is 8.42 Å². The fourth-order valence-corrected chi connectivity index (χ4v) is 4.38. The van der Waals surface area contributed by atoms with E-state index in [1.165, 1.54) is 19.2 Å². The lowest BCUT2D eigenvalue weighted by Crippen LogP contribution is -2.37. The maximum Gasteiger partial charge on any atom is 0.191 e. The van der Waals surface area contributed by atoms with E-state index in [4.69, 9.17) is 4.74 Å². The number of carbonyl (C=O) groups is 1. The minimum Gasteiger partial charge on any atom is -0.497 e. The highest BCUT2D eigenvalue weighted by atomic mass is 32.2. The van der Waals surface area contributed by atoms with Crippen LogP contribution in [0.1, 0.15) is 25.7 Å². The second kappa shape index (κ2) is 4.72. The van der Waals surface area contributed by atoms with Crippen LogP contribution >= 0.6 is 0 Å². The molecule has 0 heterocycles. The predicted molar refractivity (Wildman–Crippen MR) is 67.4 cm³/mol. The van der Waals surface area contributed by atoms with Crippen molar-refractivity contribution in [1.29, 1.82) is 0 Å². The number of benzene rings is 1. The van der Waals surface area contributed by atoms with Crippen LogP contribution in [0.15, 0.2) is 29.2 Å². The Labute approximate surface area is 107 Å². The van der Waals surface area contributed by atoms with Crippen molar-refractivity contribution in [3.63, 3.8) is 0 Å². The average molecular weight is 268 g/mol. The van der Waals surface area contributed by atoms with Crippen molar-refractivity contribution in [2.75, 3.05) is 7.11 Å². The Balaban J connectivity index is 2.50. The molecule has 0 spiro atoms. The lowest BCUT2D eigenvalue weighted by Gasteiger charge is -2.22. The van der Waals surface area contributed by atoms with Crippen LogP contribution in [-0.2, 0) is 14.6 Å². The van der Waals surface area contributed by atoms with E-state index >= 15 is 0 Å². The maximum absolute atomic E-state index is 12.6. The van der Waals surface area contributed by atoms with Crippen molar-refractivity contribution in [2.45, 2.75) is 35.3 Å². The zero-order valence-corrected chi connectivity index (χ0v) is 11.1. The van der Waals surface area contributed by atoms with Crippen LogP contribution in [-0.4, -0.2) is 26.6 Å². The van der Waals surface area contributed by atoms with Gasteiger partial charge in [0.1, 0.15) is 16.8 Å². The molecule has 1 aliphatic carbocycles. The molecule has 1 fully saturated rings. The van der Waals surface area contributed by atoms with E-state index in [9.17, 15) is 13.2 Å². The molecule has 0 atom stereocenters. The monoisotopic (exact) mass is 268 g/mol. The summed E-state index contributed by atoms with van der Waals surface area (Å²) in [7, 11) is -2.15. The molecule has 0 bridgehead atoms. The molecule has 0 N–H and O–H groups in total. The van der Waals surface area contributed by atoms with Gasteiger partial charge in [0.25, 0.3) is 0 Å². The molecule has 5 heteroatoms. The summed E-state index contributed by atoms with van der Waals surface area (Å²) < 4.78 is 28.9. The summed E-state index contributed by atoms with van der Waals surface area (Å²) in [6, 6.07) is 6.29. The van der Waals surface area contributed by atoms with E-state index in [1.807, 2.05) is 0 Å². The standard InChI is InChI=1S/C13H16O4S/c1-17-11-5-4-6-12(9-11)18(15,16)13(10-14)7-2-3-8-13/h4-6,9-10H,2-3,7-8H2,1H3.